The van der Waals surface area contributed by atoms with Crippen LogP contribution in [-0.4, -0.2) is 69.5 Å². The number of fused-ring (bicyclic) bond motifs is 1. The molecule has 1 saturated heterocycles. The molecule has 2 aromatic carbocycles. The predicted molar refractivity (Wildman–Crippen MR) is 126 cm³/mol. The molecule has 4 rings (SSSR count). The Labute approximate surface area is 203 Å². The van der Waals surface area contributed by atoms with Crippen molar-refractivity contribution in [1.29, 1.82) is 0 Å². The zero-order chi connectivity index (χ0) is 24.1. The van der Waals surface area contributed by atoms with Gasteiger partial charge in [0.2, 0.25) is 0 Å². The first-order valence-electron chi connectivity index (χ1n) is 11.3. The summed E-state index contributed by atoms with van der Waals surface area (Å²) in [6.45, 7) is 3.52. The summed E-state index contributed by atoms with van der Waals surface area (Å²) in [6, 6.07) is 7.34. The van der Waals surface area contributed by atoms with Gasteiger partial charge in [0.1, 0.15) is 24.8 Å². The SMILES string of the molecule is CO[C@@H]1CN(CCCOc2ccc(F)cc2)CC[C@@H]1NC(=O)c1cc(Cl)c(N)c2c1OCCO2. The fourth-order valence-corrected chi connectivity index (χ4v) is 4.40. The molecule has 1 amide bonds. The van der Waals surface area contributed by atoms with Gasteiger partial charge in [0.05, 0.1) is 35.0 Å². The number of nitrogens with one attached hydrogen (secondary N) is 1. The van der Waals surface area contributed by atoms with E-state index in [0.717, 1.165) is 25.9 Å². The maximum Gasteiger partial charge on any atom is 0.255 e. The van der Waals surface area contributed by atoms with Crippen LogP contribution in [-0.2, 0) is 4.74 Å². The number of rotatable bonds is 8. The number of methoxy groups -OCH3 is 1. The molecule has 0 aromatic heterocycles. The first-order valence-corrected chi connectivity index (χ1v) is 11.7. The number of nitrogen functional groups attached to an aromatic ring is 1. The molecule has 8 nitrogen and oxygen atoms in total. The number of hydrogen-bond acceptors (Lipinski definition) is 7. The zero-order valence-corrected chi connectivity index (χ0v) is 19.8. The average Bonchev–Trinajstić information content (AvgIpc) is 2.85. The maximum atomic E-state index is 13.1. The lowest BCUT2D eigenvalue weighted by molar-refractivity contribution is 0.00523. The molecule has 0 spiro atoms. The van der Waals surface area contributed by atoms with E-state index in [1.54, 1.807) is 19.2 Å². The molecule has 2 atom stereocenters. The normalized spacial score (nSPS) is 20.1. The van der Waals surface area contributed by atoms with Crippen LogP contribution in [0.4, 0.5) is 10.1 Å². The number of hydrogen-bond donors (Lipinski definition) is 2. The van der Waals surface area contributed by atoms with Gasteiger partial charge in [-0.3, -0.25) is 4.79 Å². The van der Waals surface area contributed by atoms with E-state index in [2.05, 4.69) is 10.2 Å². The first kappa shape index (κ1) is 24.4. The first-order chi connectivity index (χ1) is 16.5. The molecule has 0 radical (unpaired) electrons. The number of ether oxygens (including phenoxy) is 4. The van der Waals surface area contributed by atoms with Crippen LogP contribution in [0.25, 0.3) is 0 Å². The van der Waals surface area contributed by atoms with Gasteiger partial charge in [-0.15, -0.1) is 0 Å². The lowest BCUT2D eigenvalue weighted by atomic mass is 10.0. The molecule has 3 N–H and O–H groups in total. The maximum absolute atomic E-state index is 13.1. The Hall–Kier alpha value is -2.75. The molecule has 184 valence electrons. The van der Waals surface area contributed by atoms with E-state index in [4.69, 9.17) is 36.3 Å². The van der Waals surface area contributed by atoms with Crippen molar-refractivity contribution in [2.45, 2.75) is 25.0 Å². The number of nitrogens with zero attached hydrogens (tertiary/aromatic N) is 1. The van der Waals surface area contributed by atoms with Crippen molar-refractivity contribution < 1.29 is 28.1 Å². The molecule has 2 aliphatic heterocycles. The minimum absolute atomic E-state index is 0.166. The molecular weight excluding hydrogens is 465 g/mol. The van der Waals surface area contributed by atoms with E-state index in [1.807, 2.05) is 0 Å². The van der Waals surface area contributed by atoms with Crippen LogP contribution < -0.4 is 25.3 Å². The summed E-state index contributed by atoms with van der Waals surface area (Å²) >= 11 is 6.22. The van der Waals surface area contributed by atoms with E-state index in [0.29, 0.717) is 49.2 Å². The number of piperidine rings is 1. The summed E-state index contributed by atoms with van der Waals surface area (Å²) in [6.07, 6.45) is 1.37. The summed E-state index contributed by atoms with van der Waals surface area (Å²) in [5.74, 6) is 0.685. The van der Waals surface area contributed by atoms with Crippen molar-refractivity contribution in [1.82, 2.24) is 10.2 Å². The summed E-state index contributed by atoms with van der Waals surface area (Å²) in [7, 11) is 1.64. The van der Waals surface area contributed by atoms with E-state index < -0.39 is 0 Å². The lowest BCUT2D eigenvalue weighted by Crippen LogP contribution is -2.55. The van der Waals surface area contributed by atoms with E-state index >= 15 is 0 Å². The zero-order valence-electron chi connectivity index (χ0n) is 19.0. The summed E-state index contributed by atoms with van der Waals surface area (Å²) in [4.78, 5) is 15.4. The molecule has 10 heteroatoms. The Morgan fingerprint density at radius 2 is 2.00 bits per heavy atom. The third kappa shape index (κ3) is 5.65. The number of halogens is 2. The number of amides is 1. The summed E-state index contributed by atoms with van der Waals surface area (Å²) < 4.78 is 35.6. The highest BCUT2D eigenvalue weighted by Crippen LogP contribution is 2.43. The number of carbonyl (C=O) groups excluding carboxylic acids is 1. The third-order valence-corrected chi connectivity index (χ3v) is 6.32. The van der Waals surface area contributed by atoms with Gasteiger partial charge in [-0.2, -0.15) is 0 Å². The number of benzene rings is 2. The Bertz CT molecular complexity index is 1010. The Kier molecular flexibility index (Phi) is 7.97. The molecule has 0 saturated carbocycles. The second kappa shape index (κ2) is 11.1. The number of nitrogens with two attached hydrogens (primary N) is 1. The topological polar surface area (TPSA) is 95.3 Å². The van der Waals surface area contributed by atoms with Crippen molar-refractivity contribution in [3.8, 4) is 17.2 Å². The molecule has 1 fully saturated rings. The van der Waals surface area contributed by atoms with E-state index in [9.17, 15) is 9.18 Å². The average molecular weight is 494 g/mol. The van der Waals surface area contributed by atoms with Crippen LogP contribution in [0.2, 0.25) is 5.02 Å². The van der Waals surface area contributed by atoms with Gasteiger partial charge in [0.25, 0.3) is 5.91 Å². The molecule has 2 heterocycles. The quantitative estimate of drug-likeness (QED) is 0.431. The monoisotopic (exact) mass is 493 g/mol. The van der Waals surface area contributed by atoms with Gasteiger partial charge < -0.3 is 34.9 Å². The van der Waals surface area contributed by atoms with Crippen molar-refractivity contribution in [2.75, 3.05) is 52.3 Å². The highest BCUT2D eigenvalue weighted by molar-refractivity contribution is 6.34. The highest BCUT2D eigenvalue weighted by Gasteiger charge is 2.32. The second-order valence-corrected chi connectivity index (χ2v) is 8.68. The van der Waals surface area contributed by atoms with Crippen molar-refractivity contribution in [2.24, 2.45) is 0 Å². The molecule has 34 heavy (non-hydrogen) atoms. The molecular formula is C24H29ClFN3O5. The van der Waals surface area contributed by atoms with Gasteiger partial charge in [0.15, 0.2) is 11.5 Å². The second-order valence-electron chi connectivity index (χ2n) is 8.27. The molecule has 2 aliphatic rings. The van der Waals surface area contributed by atoms with Crippen LogP contribution in [0.1, 0.15) is 23.2 Å². The number of carbonyl (C=O) groups is 1. The lowest BCUT2D eigenvalue weighted by Gasteiger charge is -2.38. The van der Waals surface area contributed by atoms with Gasteiger partial charge in [-0.1, -0.05) is 11.6 Å². The predicted octanol–water partition coefficient (Wildman–Crippen LogP) is 3.12. The Balaban J connectivity index is 1.30. The molecule has 2 aromatic rings. The number of anilines is 1. The van der Waals surface area contributed by atoms with Crippen LogP contribution in [0.15, 0.2) is 30.3 Å². The molecule has 0 unspecified atom stereocenters. The van der Waals surface area contributed by atoms with Gasteiger partial charge in [-0.05, 0) is 43.2 Å². The van der Waals surface area contributed by atoms with Crippen LogP contribution >= 0.6 is 11.6 Å². The van der Waals surface area contributed by atoms with E-state index in [-0.39, 0.29) is 34.6 Å². The fraction of sp³-hybridized carbons (Fsp3) is 0.458. The molecule has 0 bridgehead atoms. The van der Waals surface area contributed by atoms with Crippen molar-refractivity contribution in [3.63, 3.8) is 0 Å². The van der Waals surface area contributed by atoms with Gasteiger partial charge in [0, 0.05) is 26.7 Å². The Morgan fingerprint density at radius 1 is 1.26 bits per heavy atom. The van der Waals surface area contributed by atoms with Crippen molar-refractivity contribution in [3.05, 3.63) is 46.7 Å². The third-order valence-electron chi connectivity index (χ3n) is 6.01. The van der Waals surface area contributed by atoms with E-state index in [1.165, 1.54) is 18.2 Å². The number of likely N-dealkylation sites (tertiary alicyclic amines) is 1. The van der Waals surface area contributed by atoms with Crippen molar-refractivity contribution >= 4 is 23.2 Å². The highest BCUT2D eigenvalue weighted by atomic mass is 35.5. The summed E-state index contributed by atoms with van der Waals surface area (Å²) in [5, 5.41) is 3.31. The Morgan fingerprint density at radius 3 is 2.74 bits per heavy atom. The smallest absolute Gasteiger partial charge is 0.255 e. The standard InChI is InChI=1S/C24H29ClFN3O5/c1-31-20-14-29(8-2-10-32-16-5-3-15(26)4-6-16)9-7-19(20)28-24(30)17-13-18(25)21(27)23-22(17)33-11-12-34-23/h3-6,13,19-20H,2,7-12,14,27H2,1H3,(H,28,30)/t19-,20+/m0/s1. The molecule has 0 aliphatic carbocycles. The van der Waals surface area contributed by atoms with Crippen LogP contribution in [0, 0.1) is 5.82 Å². The fourth-order valence-electron chi connectivity index (χ4n) is 4.21. The van der Waals surface area contributed by atoms with Gasteiger partial charge in [-0.25, -0.2) is 4.39 Å². The minimum atomic E-state index is -0.308. The van der Waals surface area contributed by atoms with Crippen LogP contribution in [0.5, 0.6) is 17.2 Å². The summed E-state index contributed by atoms with van der Waals surface area (Å²) in [5.41, 5.74) is 6.55. The van der Waals surface area contributed by atoms with Crippen LogP contribution in [0.3, 0.4) is 0 Å². The minimum Gasteiger partial charge on any atom is -0.494 e. The van der Waals surface area contributed by atoms with Gasteiger partial charge >= 0.3 is 0 Å². The largest absolute Gasteiger partial charge is 0.494 e.